The maximum Gasteiger partial charge on any atom is 0.237 e. The van der Waals surface area contributed by atoms with Crippen molar-refractivity contribution in [3.63, 3.8) is 0 Å². The van der Waals surface area contributed by atoms with Gasteiger partial charge in [-0.15, -0.1) is 0 Å². The summed E-state index contributed by atoms with van der Waals surface area (Å²) in [5.41, 5.74) is 7.03. The van der Waals surface area contributed by atoms with Crippen LogP contribution in [0.2, 0.25) is 0 Å². The summed E-state index contributed by atoms with van der Waals surface area (Å²) < 4.78 is 11.1. The summed E-state index contributed by atoms with van der Waals surface area (Å²) in [7, 11) is 0. The molecule has 2 unspecified atom stereocenters. The SMILES string of the molecule is CC(C)C(N)C(=O)NC(Cc1ccccc1)C1OCCO1. The summed E-state index contributed by atoms with van der Waals surface area (Å²) >= 11 is 0. The molecule has 2 atom stereocenters. The minimum atomic E-state index is -0.523. The largest absolute Gasteiger partial charge is 0.348 e. The molecule has 1 aromatic rings. The third-order valence-electron chi connectivity index (χ3n) is 3.62. The zero-order chi connectivity index (χ0) is 15.2. The van der Waals surface area contributed by atoms with Crippen molar-refractivity contribution in [3.05, 3.63) is 35.9 Å². The lowest BCUT2D eigenvalue weighted by Gasteiger charge is -2.26. The molecule has 0 aliphatic carbocycles. The highest BCUT2D eigenvalue weighted by Crippen LogP contribution is 2.14. The zero-order valence-corrected chi connectivity index (χ0v) is 12.6. The first-order valence-electron chi connectivity index (χ1n) is 7.41. The van der Waals surface area contributed by atoms with Gasteiger partial charge in [-0.2, -0.15) is 0 Å². The fourth-order valence-electron chi connectivity index (χ4n) is 2.27. The van der Waals surface area contributed by atoms with Gasteiger partial charge in [0.05, 0.1) is 25.3 Å². The third-order valence-corrected chi connectivity index (χ3v) is 3.62. The second kappa shape index (κ2) is 7.54. The van der Waals surface area contributed by atoms with Gasteiger partial charge in [-0.1, -0.05) is 44.2 Å². The lowest BCUT2D eigenvalue weighted by atomic mass is 10.0. The first-order chi connectivity index (χ1) is 10.1. The van der Waals surface area contributed by atoms with Crippen molar-refractivity contribution < 1.29 is 14.3 Å². The van der Waals surface area contributed by atoms with Crippen LogP contribution in [0.4, 0.5) is 0 Å². The van der Waals surface area contributed by atoms with Gasteiger partial charge in [0.25, 0.3) is 0 Å². The second-order valence-corrected chi connectivity index (χ2v) is 5.68. The number of nitrogens with one attached hydrogen (secondary N) is 1. The van der Waals surface area contributed by atoms with Gasteiger partial charge in [0, 0.05) is 0 Å². The average molecular weight is 292 g/mol. The van der Waals surface area contributed by atoms with E-state index in [1.54, 1.807) is 0 Å². The van der Waals surface area contributed by atoms with Gasteiger partial charge in [-0.05, 0) is 17.9 Å². The van der Waals surface area contributed by atoms with Crippen LogP contribution in [0.25, 0.3) is 0 Å². The van der Waals surface area contributed by atoms with Gasteiger partial charge in [0.15, 0.2) is 6.29 Å². The van der Waals surface area contributed by atoms with Crippen molar-refractivity contribution in [3.8, 4) is 0 Å². The van der Waals surface area contributed by atoms with Crippen molar-refractivity contribution in [2.24, 2.45) is 11.7 Å². The standard InChI is InChI=1S/C16H24N2O3/c1-11(2)14(17)15(19)18-13(16-20-8-9-21-16)10-12-6-4-3-5-7-12/h3-7,11,13-14,16H,8-10,17H2,1-2H3,(H,18,19). The molecule has 3 N–H and O–H groups in total. The molecule has 1 saturated heterocycles. The van der Waals surface area contributed by atoms with Gasteiger partial charge >= 0.3 is 0 Å². The Hall–Kier alpha value is -1.43. The van der Waals surface area contributed by atoms with E-state index < -0.39 is 12.3 Å². The van der Waals surface area contributed by atoms with Crippen LogP contribution in [0.3, 0.4) is 0 Å². The number of carbonyl (C=O) groups excluding carboxylic acids is 1. The predicted octanol–water partition coefficient (Wildman–Crippen LogP) is 1.07. The second-order valence-electron chi connectivity index (χ2n) is 5.68. The van der Waals surface area contributed by atoms with Crippen LogP contribution in [0.1, 0.15) is 19.4 Å². The first kappa shape index (κ1) is 15.9. The Bertz CT molecular complexity index is 444. The summed E-state index contributed by atoms with van der Waals surface area (Å²) in [6, 6.07) is 9.22. The third kappa shape index (κ3) is 4.52. The lowest BCUT2D eigenvalue weighted by Crippen LogP contribution is -2.52. The normalized spacial score (nSPS) is 18.7. The van der Waals surface area contributed by atoms with Crippen molar-refractivity contribution in [1.82, 2.24) is 5.32 Å². The molecule has 5 heteroatoms. The van der Waals surface area contributed by atoms with Crippen LogP contribution >= 0.6 is 0 Å². The molecule has 1 aromatic carbocycles. The molecule has 5 nitrogen and oxygen atoms in total. The molecule has 1 amide bonds. The van der Waals surface area contributed by atoms with Gasteiger partial charge < -0.3 is 20.5 Å². The Morgan fingerprint density at radius 3 is 2.48 bits per heavy atom. The van der Waals surface area contributed by atoms with E-state index in [0.717, 1.165) is 5.56 Å². The Kier molecular flexibility index (Phi) is 5.73. The first-order valence-corrected chi connectivity index (χ1v) is 7.41. The van der Waals surface area contributed by atoms with Crippen molar-refractivity contribution in [1.29, 1.82) is 0 Å². The molecule has 1 heterocycles. The van der Waals surface area contributed by atoms with Gasteiger partial charge in [0.2, 0.25) is 5.91 Å². The van der Waals surface area contributed by atoms with Crippen LogP contribution in [0.5, 0.6) is 0 Å². The number of hydrogen-bond donors (Lipinski definition) is 2. The number of carbonyl (C=O) groups is 1. The Morgan fingerprint density at radius 1 is 1.29 bits per heavy atom. The van der Waals surface area contributed by atoms with Crippen LogP contribution in [0, 0.1) is 5.92 Å². The van der Waals surface area contributed by atoms with E-state index in [-0.39, 0.29) is 17.9 Å². The van der Waals surface area contributed by atoms with E-state index in [9.17, 15) is 4.79 Å². The molecule has 1 aliphatic heterocycles. The van der Waals surface area contributed by atoms with E-state index in [1.165, 1.54) is 0 Å². The highest BCUT2D eigenvalue weighted by atomic mass is 16.7. The highest BCUT2D eigenvalue weighted by Gasteiger charge is 2.30. The minimum absolute atomic E-state index is 0.0905. The molecule has 0 spiro atoms. The fourth-order valence-corrected chi connectivity index (χ4v) is 2.27. The molecular weight excluding hydrogens is 268 g/mol. The van der Waals surface area contributed by atoms with Crippen LogP contribution in [0.15, 0.2) is 30.3 Å². The molecule has 1 fully saturated rings. The van der Waals surface area contributed by atoms with Crippen LogP contribution < -0.4 is 11.1 Å². The van der Waals surface area contributed by atoms with E-state index >= 15 is 0 Å². The minimum Gasteiger partial charge on any atom is -0.348 e. The molecule has 21 heavy (non-hydrogen) atoms. The summed E-state index contributed by atoms with van der Waals surface area (Å²) in [6.45, 7) is 4.97. The summed E-state index contributed by atoms with van der Waals surface area (Å²) in [5, 5.41) is 2.97. The average Bonchev–Trinajstić information content (AvgIpc) is 3.00. The van der Waals surface area contributed by atoms with E-state index in [2.05, 4.69) is 5.32 Å². The zero-order valence-electron chi connectivity index (χ0n) is 12.6. The molecule has 0 aromatic heterocycles. The maximum absolute atomic E-state index is 12.2. The maximum atomic E-state index is 12.2. The van der Waals surface area contributed by atoms with E-state index in [1.807, 2.05) is 44.2 Å². The molecule has 1 aliphatic rings. The van der Waals surface area contributed by atoms with Crippen molar-refractivity contribution >= 4 is 5.91 Å². The fraction of sp³-hybridized carbons (Fsp3) is 0.562. The summed E-state index contributed by atoms with van der Waals surface area (Å²) in [5.74, 6) is -0.0715. The van der Waals surface area contributed by atoms with Crippen molar-refractivity contribution in [2.75, 3.05) is 13.2 Å². The molecular formula is C16H24N2O3. The molecule has 2 rings (SSSR count). The van der Waals surface area contributed by atoms with Crippen LogP contribution in [-0.2, 0) is 20.7 Å². The number of ether oxygens (including phenoxy) is 2. The predicted molar refractivity (Wildman–Crippen MR) is 80.6 cm³/mol. The number of amides is 1. The van der Waals surface area contributed by atoms with Crippen LogP contribution in [-0.4, -0.2) is 37.5 Å². The van der Waals surface area contributed by atoms with E-state index in [0.29, 0.717) is 19.6 Å². The van der Waals surface area contributed by atoms with E-state index in [4.69, 9.17) is 15.2 Å². The molecule has 0 saturated carbocycles. The highest BCUT2D eigenvalue weighted by molar-refractivity contribution is 5.82. The van der Waals surface area contributed by atoms with Gasteiger partial charge in [0.1, 0.15) is 0 Å². The topological polar surface area (TPSA) is 73.6 Å². The lowest BCUT2D eigenvalue weighted by molar-refractivity contribution is -0.128. The van der Waals surface area contributed by atoms with Crippen molar-refractivity contribution in [2.45, 2.75) is 38.6 Å². The molecule has 116 valence electrons. The van der Waals surface area contributed by atoms with Gasteiger partial charge in [-0.25, -0.2) is 0 Å². The Morgan fingerprint density at radius 2 is 1.90 bits per heavy atom. The number of nitrogens with two attached hydrogens (primary N) is 1. The van der Waals surface area contributed by atoms with Gasteiger partial charge in [-0.3, -0.25) is 4.79 Å². The monoisotopic (exact) mass is 292 g/mol. The smallest absolute Gasteiger partial charge is 0.237 e. The number of benzene rings is 1. The Labute approximate surface area is 125 Å². The summed E-state index contributed by atoms with van der Waals surface area (Å²) in [4.78, 5) is 12.2. The molecule has 0 radical (unpaired) electrons. The quantitative estimate of drug-likeness (QED) is 0.822. The number of rotatable bonds is 6. The summed E-state index contributed by atoms with van der Waals surface area (Å²) in [6.07, 6.45) is 0.246. The molecule has 0 bridgehead atoms. The number of hydrogen-bond acceptors (Lipinski definition) is 4. The Balaban J connectivity index is 2.03.